The van der Waals surface area contributed by atoms with Crippen LogP contribution < -0.4 is 11.1 Å². The molecule has 3 N–H and O–H groups in total. The molecule has 26 heavy (non-hydrogen) atoms. The van der Waals surface area contributed by atoms with Gasteiger partial charge in [0.05, 0.1) is 5.92 Å². The Labute approximate surface area is 175 Å². The Morgan fingerprint density at radius 1 is 1.08 bits per heavy atom. The van der Waals surface area contributed by atoms with E-state index in [4.69, 9.17) is 5.73 Å². The first kappa shape index (κ1) is 22.6. The molecule has 4 rings (SSSR count). The maximum absolute atomic E-state index is 12.9. The molecule has 4 unspecified atom stereocenters. The van der Waals surface area contributed by atoms with Crippen molar-refractivity contribution in [2.75, 3.05) is 31.1 Å². The third-order valence-electron chi connectivity index (χ3n) is 7.34. The van der Waals surface area contributed by atoms with Crippen LogP contribution in [0.3, 0.4) is 0 Å². The first-order chi connectivity index (χ1) is 11.7. The average molecular weight is 424 g/mol. The van der Waals surface area contributed by atoms with Crippen molar-refractivity contribution in [3.8, 4) is 0 Å². The summed E-state index contributed by atoms with van der Waals surface area (Å²) in [5, 5.41) is 3.38. The fourth-order valence-electron chi connectivity index (χ4n) is 5.95. The zero-order valence-corrected chi connectivity index (χ0v) is 18.1. The van der Waals surface area contributed by atoms with E-state index >= 15 is 0 Å². The summed E-state index contributed by atoms with van der Waals surface area (Å²) in [6, 6.07) is 0.109. The van der Waals surface area contributed by atoms with E-state index in [0.717, 1.165) is 6.54 Å². The standard InChI is InChI=1S/C19H33N3OS.2ClH/c20-17-15-5-4-14(12-15)16(17)18(23)21-13-19(6-2-1-3-7-19)22-8-10-24-11-9-22;;/h14-17H,1-13,20H2,(H,21,23);2*1H. The molecule has 1 heterocycles. The molecular weight excluding hydrogens is 389 g/mol. The van der Waals surface area contributed by atoms with Gasteiger partial charge in [-0.05, 0) is 43.9 Å². The second-order valence-electron chi connectivity index (χ2n) is 8.54. The summed E-state index contributed by atoms with van der Waals surface area (Å²) < 4.78 is 0. The summed E-state index contributed by atoms with van der Waals surface area (Å²) in [6.07, 6.45) is 10.1. The van der Waals surface area contributed by atoms with Gasteiger partial charge in [-0.1, -0.05) is 19.3 Å². The zero-order valence-electron chi connectivity index (χ0n) is 15.7. The fraction of sp³-hybridized carbons (Fsp3) is 0.947. The number of nitrogens with one attached hydrogen (secondary N) is 1. The van der Waals surface area contributed by atoms with Crippen LogP contribution in [-0.2, 0) is 4.79 Å². The van der Waals surface area contributed by atoms with E-state index in [0.29, 0.717) is 11.8 Å². The Morgan fingerprint density at radius 3 is 2.35 bits per heavy atom. The van der Waals surface area contributed by atoms with Crippen LogP contribution >= 0.6 is 36.6 Å². The van der Waals surface area contributed by atoms with E-state index in [9.17, 15) is 4.79 Å². The zero-order chi connectivity index (χ0) is 16.6. The number of fused-ring (bicyclic) bond motifs is 2. The summed E-state index contributed by atoms with van der Waals surface area (Å²) in [5.41, 5.74) is 6.59. The van der Waals surface area contributed by atoms with E-state index in [-0.39, 0.29) is 48.2 Å². The number of thioether (sulfide) groups is 1. The van der Waals surface area contributed by atoms with Crippen molar-refractivity contribution in [2.45, 2.75) is 62.9 Å². The number of nitrogens with two attached hydrogens (primary N) is 1. The molecule has 0 aromatic carbocycles. The molecule has 3 aliphatic carbocycles. The highest BCUT2D eigenvalue weighted by molar-refractivity contribution is 7.99. The predicted octanol–water partition coefficient (Wildman–Crippen LogP) is 3.07. The highest BCUT2D eigenvalue weighted by Crippen LogP contribution is 2.47. The second-order valence-corrected chi connectivity index (χ2v) is 9.76. The minimum Gasteiger partial charge on any atom is -0.354 e. The molecule has 2 bridgehead atoms. The Kier molecular flexibility index (Phi) is 8.42. The van der Waals surface area contributed by atoms with Gasteiger partial charge in [0, 0.05) is 42.7 Å². The maximum Gasteiger partial charge on any atom is 0.225 e. The molecule has 0 spiro atoms. The number of amides is 1. The van der Waals surface area contributed by atoms with Gasteiger partial charge in [-0.15, -0.1) is 24.8 Å². The number of carbonyl (C=O) groups is 1. The Hall–Kier alpha value is 0.320. The lowest BCUT2D eigenvalue weighted by atomic mass is 9.79. The predicted molar refractivity (Wildman–Crippen MR) is 115 cm³/mol. The summed E-state index contributed by atoms with van der Waals surface area (Å²) in [4.78, 5) is 15.6. The first-order valence-corrected chi connectivity index (χ1v) is 11.2. The largest absolute Gasteiger partial charge is 0.354 e. The van der Waals surface area contributed by atoms with Gasteiger partial charge in [-0.25, -0.2) is 0 Å². The Bertz CT molecular complexity index is 468. The number of rotatable bonds is 4. The molecule has 3 saturated carbocycles. The minimum absolute atomic E-state index is 0. The number of halogens is 2. The molecule has 0 radical (unpaired) electrons. The van der Waals surface area contributed by atoms with Crippen molar-refractivity contribution >= 4 is 42.5 Å². The normalized spacial score (nSPS) is 36.0. The molecule has 1 saturated heterocycles. The summed E-state index contributed by atoms with van der Waals surface area (Å²) in [5.74, 6) is 3.99. The van der Waals surface area contributed by atoms with Gasteiger partial charge in [0.25, 0.3) is 0 Å². The van der Waals surface area contributed by atoms with Crippen LogP contribution in [0.5, 0.6) is 0 Å². The minimum atomic E-state index is 0. The molecule has 1 amide bonds. The van der Waals surface area contributed by atoms with Gasteiger partial charge in [0.15, 0.2) is 0 Å². The lowest BCUT2D eigenvalue weighted by Gasteiger charge is -2.48. The Morgan fingerprint density at radius 2 is 1.73 bits per heavy atom. The Balaban J connectivity index is 0.00000121. The van der Waals surface area contributed by atoms with Gasteiger partial charge in [-0.2, -0.15) is 11.8 Å². The molecule has 1 aliphatic heterocycles. The van der Waals surface area contributed by atoms with E-state index in [1.807, 2.05) is 0 Å². The molecular formula is C19H35Cl2N3OS. The summed E-state index contributed by atoms with van der Waals surface area (Å²) >= 11 is 2.07. The molecule has 4 nitrogen and oxygen atoms in total. The SMILES string of the molecule is Cl.Cl.NC1C2CCC(C2)C1C(=O)NCC1(N2CCSCC2)CCCCC1. The molecule has 4 atom stereocenters. The number of hydrogen-bond acceptors (Lipinski definition) is 4. The van der Waals surface area contributed by atoms with Crippen molar-refractivity contribution in [3.63, 3.8) is 0 Å². The second kappa shape index (κ2) is 9.69. The van der Waals surface area contributed by atoms with Gasteiger partial charge < -0.3 is 11.1 Å². The summed E-state index contributed by atoms with van der Waals surface area (Å²) in [6.45, 7) is 3.22. The van der Waals surface area contributed by atoms with Crippen molar-refractivity contribution in [1.82, 2.24) is 10.2 Å². The van der Waals surface area contributed by atoms with E-state index in [2.05, 4.69) is 22.0 Å². The van der Waals surface area contributed by atoms with Crippen molar-refractivity contribution < 1.29 is 4.79 Å². The highest BCUT2D eigenvalue weighted by Gasteiger charge is 2.49. The number of nitrogens with zero attached hydrogens (tertiary/aromatic N) is 1. The topological polar surface area (TPSA) is 58.4 Å². The van der Waals surface area contributed by atoms with Crippen LogP contribution in [0.2, 0.25) is 0 Å². The van der Waals surface area contributed by atoms with Crippen LogP contribution in [0.1, 0.15) is 51.4 Å². The summed E-state index contributed by atoms with van der Waals surface area (Å²) in [7, 11) is 0. The molecule has 0 aromatic rings. The average Bonchev–Trinajstić information content (AvgIpc) is 3.22. The van der Waals surface area contributed by atoms with E-state index in [1.54, 1.807) is 0 Å². The van der Waals surface area contributed by atoms with Crippen LogP contribution in [0.15, 0.2) is 0 Å². The van der Waals surface area contributed by atoms with E-state index < -0.39 is 0 Å². The lowest BCUT2D eigenvalue weighted by Crippen LogP contribution is -2.60. The highest BCUT2D eigenvalue weighted by atomic mass is 35.5. The molecule has 0 aromatic heterocycles. The third kappa shape index (κ3) is 4.32. The van der Waals surface area contributed by atoms with Crippen LogP contribution in [0, 0.1) is 17.8 Å². The van der Waals surface area contributed by atoms with Crippen molar-refractivity contribution in [2.24, 2.45) is 23.5 Å². The van der Waals surface area contributed by atoms with Gasteiger partial charge in [-0.3, -0.25) is 9.69 Å². The van der Waals surface area contributed by atoms with Crippen LogP contribution in [0.4, 0.5) is 0 Å². The van der Waals surface area contributed by atoms with Crippen molar-refractivity contribution in [1.29, 1.82) is 0 Å². The molecule has 4 fully saturated rings. The van der Waals surface area contributed by atoms with Gasteiger partial charge in [0.2, 0.25) is 5.91 Å². The van der Waals surface area contributed by atoms with E-state index in [1.165, 1.54) is 76.0 Å². The quantitative estimate of drug-likeness (QED) is 0.728. The van der Waals surface area contributed by atoms with Crippen LogP contribution in [0.25, 0.3) is 0 Å². The smallest absolute Gasteiger partial charge is 0.225 e. The monoisotopic (exact) mass is 423 g/mol. The first-order valence-electron chi connectivity index (χ1n) is 10.1. The van der Waals surface area contributed by atoms with Crippen molar-refractivity contribution in [3.05, 3.63) is 0 Å². The molecule has 4 aliphatic rings. The fourth-order valence-corrected chi connectivity index (χ4v) is 6.85. The molecule has 152 valence electrons. The number of carbonyl (C=O) groups excluding carboxylic acids is 1. The van der Waals surface area contributed by atoms with Gasteiger partial charge >= 0.3 is 0 Å². The van der Waals surface area contributed by atoms with Crippen LogP contribution in [-0.4, -0.2) is 53.5 Å². The maximum atomic E-state index is 12.9. The molecule has 7 heteroatoms. The third-order valence-corrected chi connectivity index (χ3v) is 8.28. The number of hydrogen-bond donors (Lipinski definition) is 2. The van der Waals surface area contributed by atoms with Gasteiger partial charge in [0.1, 0.15) is 0 Å². The lowest BCUT2D eigenvalue weighted by molar-refractivity contribution is -0.128.